The fourth-order valence-electron chi connectivity index (χ4n) is 2.59. The highest BCUT2D eigenvalue weighted by Crippen LogP contribution is 2.21. The summed E-state index contributed by atoms with van der Waals surface area (Å²) in [6.45, 7) is 1.36. The summed E-state index contributed by atoms with van der Waals surface area (Å²) in [6, 6.07) is 13.8. The molecule has 2 N–H and O–H groups in total. The number of hydrogen-bond acceptors (Lipinski definition) is 3. The SMILES string of the molecule is O=C1NCCCCC1NCc1ccc(-c2ccccc2)o1. The first kappa shape index (κ1) is 13.9. The molecule has 4 heteroatoms. The minimum Gasteiger partial charge on any atom is -0.460 e. The van der Waals surface area contributed by atoms with Crippen molar-refractivity contribution in [3.8, 4) is 11.3 Å². The van der Waals surface area contributed by atoms with E-state index in [1.165, 1.54) is 0 Å². The molecule has 4 nitrogen and oxygen atoms in total. The largest absolute Gasteiger partial charge is 0.460 e. The van der Waals surface area contributed by atoms with Gasteiger partial charge in [0.15, 0.2) is 0 Å². The van der Waals surface area contributed by atoms with Gasteiger partial charge >= 0.3 is 0 Å². The summed E-state index contributed by atoms with van der Waals surface area (Å²) >= 11 is 0. The maximum atomic E-state index is 11.9. The molecule has 2 heterocycles. The van der Waals surface area contributed by atoms with Crippen molar-refractivity contribution in [2.45, 2.75) is 31.8 Å². The Labute approximate surface area is 124 Å². The number of nitrogens with one attached hydrogen (secondary N) is 2. The van der Waals surface area contributed by atoms with Crippen LogP contribution in [-0.2, 0) is 11.3 Å². The van der Waals surface area contributed by atoms with Gasteiger partial charge in [0.05, 0.1) is 12.6 Å². The van der Waals surface area contributed by atoms with Gasteiger partial charge in [-0.15, -0.1) is 0 Å². The van der Waals surface area contributed by atoms with E-state index >= 15 is 0 Å². The lowest BCUT2D eigenvalue weighted by Gasteiger charge is -2.13. The van der Waals surface area contributed by atoms with Crippen molar-refractivity contribution in [1.82, 2.24) is 10.6 Å². The normalized spacial score (nSPS) is 19.0. The summed E-state index contributed by atoms with van der Waals surface area (Å²) in [5.41, 5.74) is 1.07. The summed E-state index contributed by atoms with van der Waals surface area (Å²) in [6.07, 6.45) is 3.02. The second-order valence-electron chi connectivity index (χ2n) is 5.35. The van der Waals surface area contributed by atoms with Crippen molar-refractivity contribution < 1.29 is 9.21 Å². The number of benzene rings is 1. The molecule has 1 atom stereocenters. The van der Waals surface area contributed by atoms with Gasteiger partial charge in [0.2, 0.25) is 5.91 Å². The van der Waals surface area contributed by atoms with E-state index in [1.54, 1.807) is 0 Å². The van der Waals surface area contributed by atoms with Gasteiger partial charge in [-0.2, -0.15) is 0 Å². The molecule has 1 aromatic heterocycles. The molecule has 21 heavy (non-hydrogen) atoms. The Kier molecular flexibility index (Phi) is 4.36. The lowest BCUT2D eigenvalue weighted by atomic mass is 10.1. The molecule has 1 amide bonds. The van der Waals surface area contributed by atoms with Crippen molar-refractivity contribution in [3.05, 3.63) is 48.2 Å². The van der Waals surface area contributed by atoms with E-state index in [1.807, 2.05) is 42.5 Å². The van der Waals surface area contributed by atoms with Crippen LogP contribution in [0.15, 0.2) is 46.9 Å². The Morgan fingerprint density at radius 3 is 2.86 bits per heavy atom. The summed E-state index contributed by atoms with van der Waals surface area (Å²) in [5.74, 6) is 1.81. The first-order valence-corrected chi connectivity index (χ1v) is 7.48. The molecule has 1 fully saturated rings. The van der Waals surface area contributed by atoms with E-state index in [0.717, 1.165) is 42.9 Å². The van der Waals surface area contributed by atoms with Crippen LogP contribution in [0.3, 0.4) is 0 Å². The fourth-order valence-corrected chi connectivity index (χ4v) is 2.59. The first-order chi connectivity index (χ1) is 10.3. The Morgan fingerprint density at radius 2 is 2.00 bits per heavy atom. The predicted molar refractivity (Wildman–Crippen MR) is 81.6 cm³/mol. The molecule has 1 aromatic carbocycles. The maximum Gasteiger partial charge on any atom is 0.237 e. The molecule has 0 bridgehead atoms. The Bertz CT molecular complexity index is 592. The molecule has 1 aliphatic rings. The van der Waals surface area contributed by atoms with Crippen molar-refractivity contribution in [3.63, 3.8) is 0 Å². The Hall–Kier alpha value is -2.07. The smallest absolute Gasteiger partial charge is 0.237 e. The van der Waals surface area contributed by atoms with E-state index in [4.69, 9.17) is 4.42 Å². The second kappa shape index (κ2) is 6.59. The van der Waals surface area contributed by atoms with E-state index in [2.05, 4.69) is 10.6 Å². The Morgan fingerprint density at radius 1 is 1.14 bits per heavy atom. The quantitative estimate of drug-likeness (QED) is 0.907. The minimum atomic E-state index is -0.113. The molecule has 110 valence electrons. The summed E-state index contributed by atoms with van der Waals surface area (Å²) in [5, 5.41) is 6.22. The van der Waals surface area contributed by atoms with Crippen molar-refractivity contribution >= 4 is 5.91 Å². The zero-order chi connectivity index (χ0) is 14.5. The molecular weight excluding hydrogens is 264 g/mol. The lowest BCUT2D eigenvalue weighted by Crippen LogP contribution is -2.42. The van der Waals surface area contributed by atoms with Crippen LogP contribution in [0.2, 0.25) is 0 Å². The molecule has 1 aliphatic heterocycles. The van der Waals surface area contributed by atoms with Gasteiger partial charge in [-0.05, 0) is 31.4 Å². The molecular formula is C17H20N2O2. The van der Waals surface area contributed by atoms with Gasteiger partial charge in [0, 0.05) is 12.1 Å². The monoisotopic (exact) mass is 284 g/mol. The Balaban J connectivity index is 1.61. The number of rotatable bonds is 4. The number of carbonyl (C=O) groups excluding carboxylic acids is 1. The van der Waals surface area contributed by atoms with Crippen molar-refractivity contribution in [2.24, 2.45) is 0 Å². The van der Waals surface area contributed by atoms with Crippen LogP contribution in [0.4, 0.5) is 0 Å². The highest BCUT2D eigenvalue weighted by Gasteiger charge is 2.20. The highest BCUT2D eigenvalue weighted by atomic mass is 16.3. The van der Waals surface area contributed by atoms with Crippen LogP contribution in [0.25, 0.3) is 11.3 Å². The maximum absolute atomic E-state index is 11.9. The van der Waals surface area contributed by atoms with Crippen LogP contribution in [0, 0.1) is 0 Å². The van der Waals surface area contributed by atoms with E-state index in [0.29, 0.717) is 6.54 Å². The van der Waals surface area contributed by atoms with Gasteiger partial charge in [0.1, 0.15) is 11.5 Å². The number of furan rings is 1. The molecule has 0 radical (unpaired) electrons. The third kappa shape index (κ3) is 3.52. The van der Waals surface area contributed by atoms with E-state index in [-0.39, 0.29) is 11.9 Å². The zero-order valence-electron chi connectivity index (χ0n) is 12.0. The average molecular weight is 284 g/mol. The molecule has 1 saturated heterocycles. The van der Waals surface area contributed by atoms with Gasteiger partial charge < -0.3 is 9.73 Å². The van der Waals surface area contributed by atoms with Crippen LogP contribution in [0.1, 0.15) is 25.0 Å². The highest BCUT2D eigenvalue weighted by molar-refractivity contribution is 5.81. The van der Waals surface area contributed by atoms with Crippen molar-refractivity contribution in [1.29, 1.82) is 0 Å². The minimum absolute atomic E-state index is 0.0994. The topological polar surface area (TPSA) is 54.3 Å². The summed E-state index contributed by atoms with van der Waals surface area (Å²) in [4.78, 5) is 11.9. The third-order valence-corrected chi connectivity index (χ3v) is 3.78. The number of carbonyl (C=O) groups is 1. The van der Waals surface area contributed by atoms with E-state index < -0.39 is 0 Å². The third-order valence-electron chi connectivity index (χ3n) is 3.78. The molecule has 2 aromatic rings. The van der Waals surface area contributed by atoms with Crippen LogP contribution in [-0.4, -0.2) is 18.5 Å². The van der Waals surface area contributed by atoms with Crippen molar-refractivity contribution in [2.75, 3.05) is 6.54 Å². The molecule has 0 spiro atoms. The number of amides is 1. The van der Waals surface area contributed by atoms with Crippen LogP contribution in [0.5, 0.6) is 0 Å². The van der Waals surface area contributed by atoms with Crippen LogP contribution >= 0.6 is 0 Å². The van der Waals surface area contributed by atoms with Crippen LogP contribution < -0.4 is 10.6 Å². The van der Waals surface area contributed by atoms with Gasteiger partial charge in [-0.1, -0.05) is 30.3 Å². The zero-order valence-corrected chi connectivity index (χ0v) is 12.0. The predicted octanol–water partition coefficient (Wildman–Crippen LogP) is 2.70. The van der Waals surface area contributed by atoms with Gasteiger partial charge in [-0.3, -0.25) is 10.1 Å². The standard InChI is InChI=1S/C17H20N2O2/c20-17-15(8-4-5-11-18-17)19-12-14-9-10-16(21-14)13-6-2-1-3-7-13/h1-3,6-7,9-10,15,19H,4-5,8,11-12H2,(H,18,20). The van der Waals surface area contributed by atoms with E-state index in [9.17, 15) is 4.79 Å². The second-order valence-corrected chi connectivity index (χ2v) is 5.35. The number of hydrogen-bond donors (Lipinski definition) is 2. The van der Waals surface area contributed by atoms with Gasteiger partial charge in [-0.25, -0.2) is 0 Å². The average Bonchev–Trinajstić information content (AvgIpc) is 2.90. The fraction of sp³-hybridized carbons (Fsp3) is 0.353. The lowest BCUT2D eigenvalue weighted by molar-refractivity contribution is -0.122. The summed E-state index contributed by atoms with van der Waals surface area (Å²) < 4.78 is 5.83. The van der Waals surface area contributed by atoms with Gasteiger partial charge in [0.25, 0.3) is 0 Å². The molecule has 3 rings (SSSR count). The summed E-state index contributed by atoms with van der Waals surface area (Å²) in [7, 11) is 0. The molecule has 0 aliphatic carbocycles. The first-order valence-electron chi connectivity index (χ1n) is 7.48. The molecule has 1 unspecified atom stereocenters. The molecule has 0 saturated carbocycles.